The molecule has 0 radical (unpaired) electrons. The Morgan fingerprint density at radius 2 is 1.70 bits per heavy atom. The second kappa shape index (κ2) is 7.52. The average molecular weight is 667 g/mol. The van der Waals surface area contributed by atoms with Crippen LogP contribution in [0.2, 0.25) is 0 Å². The number of aryl methyl sites for hydroxylation is 2. The minimum atomic E-state index is -3.91. The van der Waals surface area contributed by atoms with Crippen LogP contribution in [-0.4, -0.2) is 14.3 Å². The summed E-state index contributed by atoms with van der Waals surface area (Å²) in [5.41, 5.74) is 1.93. The van der Waals surface area contributed by atoms with Crippen LogP contribution in [0.3, 0.4) is 0 Å². The van der Waals surface area contributed by atoms with E-state index < -0.39 is 15.9 Å². The average Bonchev–Trinajstić information content (AvgIpc) is 2.41. The molecule has 0 unspecified atom stereocenters. The lowest BCUT2D eigenvalue weighted by molar-refractivity contribution is 0.0980. The van der Waals surface area contributed by atoms with Crippen LogP contribution in [0.15, 0.2) is 35.2 Å². The SMILES string of the molecule is Cc1ccc(S(=O)(=O)NC(=O)c2cc(I)cc(I)c2I)c(C)c1. The summed E-state index contributed by atoms with van der Waals surface area (Å²) in [7, 11) is -3.91. The molecule has 2 rings (SSSR count). The predicted molar refractivity (Wildman–Crippen MR) is 115 cm³/mol. The summed E-state index contributed by atoms with van der Waals surface area (Å²) in [4.78, 5) is 12.6. The molecule has 23 heavy (non-hydrogen) atoms. The van der Waals surface area contributed by atoms with Gasteiger partial charge in [-0.2, -0.15) is 0 Å². The third-order valence-corrected chi connectivity index (χ3v) is 8.24. The fourth-order valence-electron chi connectivity index (χ4n) is 2.05. The van der Waals surface area contributed by atoms with Crippen molar-refractivity contribution < 1.29 is 13.2 Å². The van der Waals surface area contributed by atoms with Crippen molar-refractivity contribution in [3.63, 3.8) is 0 Å². The van der Waals surface area contributed by atoms with Gasteiger partial charge in [0.2, 0.25) is 0 Å². The highest BCUT2D eigenvalue weighted by Gasteiger charge is 2.22. The maximum absolute atomic E-state index is 12.5. The summed E-state index contributed by atoms with van der Waals surface area (Å²) >= 11 is 6.27. The van der Waals surface area contributed by atoms with Crippen LogP contribution in [0.1, 0.15) is 21.5 Å². The van der Waals surface area contributed by atoms with E-state index in [1.54, 1.807) is 25.1 Å². The maximum Gasteiger partial charge on any atom is 0.266 e. The molecule has 2 aromatic carbocycles. The lowest BCUT2D eigenvalue weighted by atomic mass is 10.2. The number of amides is 1. The number of rotatable bonds is 3. The summed E-state index contributed by atoms with van der Waals surface area (Å²) in [5, 5.41) is 0. The fraction of sp³-hybridized carbons (Fsp3) is 0.133. The number of halogens is 3. The van der Waals surface area contributed by atoms with Crippen LogP contribution in [0, 0.1) is 24.6 Å². The van der Waals surface area contributed by atoms with E-state index in [0.717, 1.165) is 16.3 Å². The van der Waals surface area contributed by atoms with E-state index >= 15 is 0 Å². The molecule has 4 nitrogen and oxygen atoms in total. The Balaban J connectivity index is 2.40. The Bertz CT molecular complexity index is 895. The van der Waals surface area contributed by atoms with Crippen LogP contribution in [0.25, 0.3) is 0 Å². The van der Waals surface area contributed by atoms with E-state index in [4.69, 9.17) is 0 Å². The normalized spacial score (nSPS) is 11.3. The van der Waals surface area contributed by atoms with Crippen LogP contribution in [0.5, 0.6) is 0 Å². The number of hydrogen-bond donors (Lipinski definition) is 1. The second-order valence-electron chi connectivity index (χ2n) is 4.95. The van der Waals surface area contributed by atoms with Gasteiger partial charge < -0.3 is 0 Å². The van der Waals surface area contributed by atoms with Crippen molar-refractivity contribution in [3.8, 4) is 0 Å². The van der Waals surface area contributed by atoms with E-state index in [9.17, 15) is 13.2 Å². The summed E-state index contributed by atoms with van der Waals surface area (Å²) in [6.45, 7) is 3.60. The summed E-state index contributed by atoms with van der Waals surface area (Å²) in [6, 6.07) is 8.61. The quantitative estimate of drug-likeness (QED) is 0.394. The van der Waals surface area contributed by atoms with Crippen molar-refractivity contribution in [2.24, 2.45) is 0 Å². The molecule has 0 bridgehead atoms. The first-order valence-electron chi connectivity index (χ1n) is 6.41. The van der Waals surface area contributed by atoms with Gasteiger partial charge in [0, 0.05) is 10.7 Å². The Morgan fingerprint density at radius 1 is 1.04 bits per heavy atom. The van der Waals surface area contributed by atoms with E-state index in [1.165, 1.54) is 6.07 Å². The van der Waals surface area contributed by atoms with Crippen molar-refractivity contribution in [2.45, 2.75) is 18.7 Å². The molecule has 1 amide bonds. The highest BCUT2D eigenvalue weighted by Crippen LogP contribution is 2.23. The van der Waals surface area contributed by atoms with Crippen molar-refractivity contribution >= 4 is 83.7 Å². The first kappa shape index (κ1) is 19.4. The fourth-order valence-corrected chi connectivity index (χ4v) is 5.65. The van der Waals surface area contributed by atoms with Crippen LogP contribution < -0.4 is 4.72 Å². The molecule has 0 atom stereocenters. The summed E-state index contributed by atoms with van der Waals surface area (Å²) in [5.74, 6) is -0.620. The first-order valence-corrected chi connectivity index (χ1v) is 11.1. The minimum Gasteiger partial charge on any atom is -0.268 e. The molecule has 0 fully saturated rings. The molecule has 2 aromatic rings. The van der Waals surface area contributed by atoms with Crippen molar-refractivity contribution in [3.05, 3.63) is 57.7 Å². The summed E-state index contributed by atoms with van der Waals surface area (Å²) < 4.78 is 29.7. The molecule has 122 valence electrons. The molecule has 8 heteroatoms. The first-order chi connectivity index (χ1) is 10.6. The van der Waals surface area contributed by atoms with Gasteiger partial charge in [0.25, 0.3) is 15.9 Å². The molecule has 0 heterocycles. The highest BCUT2D eigenvalue weighted by atomic mass is 127. The van der Waals surface area contributed by atoms with E-state index in [-0.39, 0.29) is 4.90 Å². The second-order valence-corrected chi connectivity index (χ2v) is 10.1. The van der Waals surface area contributed by atoms with Gasteiger partial charge in [-0.3, -0.25) is 4.79 Å². The van der Waals surface area contributed by atoms with Gasteiger partial charge in [-0.25, -0.2) is 13.1 Å². The van der Waals surface area contributed by atoms with Gasteiger partial charge in [0.1, 0.15) is 0 Å². The van der Waals surface area contributed by atoms with Gasteiger partial charge in [-0.05, 0) is 105 Å². The number of hydrogen-bond acceptors (Lipinski definition) is 3. The lowest BCUT2D eigenvalue weighted by Gasteiger charge is -2.12. The third kappa shape index (κ3) is 4.57. The van der Waals surface area contributed by atoms with E-state index in [1.807, 2.05) is 35.6 Å². The monoisotopic (exact) mass is 667 g/mol. The van der Waals surface area contributed by atoms with Crippen molar-refractivity contribution in [2.75, 3.05) is 0 Å². The molecular formula is C15H12I3NO3S. The molecule has 0 saturated heterocycles. The zero-order valence-corrected chi connectivity index (χ0v) is 19.4. The third-order valence-electron chi connectivity index (χ3n) is 3.08. The Hall–Kier alpha value is 0.0500. The summed E-state index contributed by atoms with van der Waals surface area (Å²) in [6.07, 6.45) is 0. The van der Waals surface area contributed by atoms with E-state index in [2.05, 4.69) is 49.9 Å². The van der Waals surface area contributed by atoms with Gasteiger partial charge >= 0.3 is 0 Å². The van der Waals surface area contributed by atoms with Crippen LogP contribution in [0.4, 0.5) is 0 Å². The standard InChI is InChI=1S/C15H12I3NO3S/c1-8-3-4-13(9(2)5-8)23(21,22)19-15(20)11-6-10(16)7-12(17)14(11)18/h3-7H,1-2H3,(H,19,20). The maximum atomic E-state index is 12.5. The number of carbonyl (C=O) groups excluding carboxylic acids is 1. The molecule has 1 N–H and O–H groups in total. The zero-order chi connectivity index (χ0) is 17.4. The lowest BCUT2D eigenvalue weighted by Crippen LogP contribution is -2.31. The van der Waals surface area contributed by atoms with Crippen LogP contribution in [-0.2, 0) is 10.0 Å². The molecule has 0 aliphatic carbocycles. The van der Waals surface area contributed by atoms with Crippen molar-refractivity contribution in [1.82, 2.24) is 4.72 Å². The Labute approximate surface area is 176 Å². The van der Waals surface area contributed by atoms with Gasteiger partial charge in [-0.15, -0.1) is 0 Å². The Morgan fingerprint density at radius 3 is 2.30 bits per heavy atom. The van der Waals surface area contributed by atoms with Gasteiger partial charge in [0.15, 0.2) is 0 Å². The molecule has 0 aliphatic heterocycles. The number of carbonyl (C=O) groups is 1. The number of sulfonamides is 1. The Kier molecular flexibility index (Phi) is 6.33. The molecule has 0 spiro atoms. The van der Waals surface area contributed by atoms with Gasteiger partial charge in [0.05, 0.1) is 10.5 Å². The highest BCUT2D eigenvalue weighted by molar-refractivity contribution is 14.1. The molecule has 0 aromatic heterocycles. The zero-order valence-electron chi connectivity index (χ0n) is 12.2. The van der Waals surface area contributed by atoms with Gasteiger partial charge in [-0.1, -0.05) is 17.7 Å². The molecule has 0 aliphatic rings. The van der Waals surface area contributed by atoms with E-state index in [0.29, 0.717) is 11.1 Å². The predicted octanol–water partition coefficient (Wildman–Crippen LogP) is 4.24. The number of benzene rings is 2. The molecular weight excluding hydrogens is 655 g/mol. The largest absolute Gasteiger partial charge is 0.268 e. The smallest absolute Gasteiger partial charge is 0.266 e. The minimum absolute atomic E-state index is 0.117. The van der Waals surface area contributed by atoms with Crippen LogP contribution >= 0.6 is 67.8 Å². The number of nitrogens with one attached hydrogen (secondary N) is 1. The van der Waals surface area contributed by atoms with Crippen molar-refractivity contribution in [1.29, 1.82) is 0 Å². The molecule has 0 saturated carbocycles. The topological polar surface area (TPSA) is 63.2 Å².